The first-order chi connectivity index (χ1) is 16.5. The monoisotopic (exact) mass is 566 g/mol. The Bertz CT molecular complexity index is 870. The number of amides is 1. The van der Waals surface area contributed by atoms with E-state index in [2.05, 4.69) is 6.58 Å². The molecule has 0 aromatic rings. The van der Waals surface area contributed by atoms with E-state index in [0.717, 1.165) is 0 Å². The van der Waals surface area contributed by atoms with Crippen molar-refractivity contribution in [2.45, 2.75) is 84.2 Å². The lowest BCUT2D eigenvalue weighted by molar-refractivity contribution is -0.362. The molecule has 222 valence electrons. The minimum absolute atomic E-state index is 0. The summed E-state index contributed by atoms with van der Waals surface area (Å²) in [4.78, 5) is 44.8. The van der Waals surface area contributed by atoms with Crippen molar-refractivity contribution in [3.63, 3.8) is 0 Å². The van der Waals surface area contributed by atoms with E-state index in [0.29, 0.717) is 13.0 Å². The number of nitrogens with one attached hydrogen (secondary N) is 1. The predicted molar refractivity (Wildman–Crippen MR) is 143 cm³/mol. The fourth-order valence-corrected chi connectivity index (χ4v) is 6.44. The number of allylic oxidation sites excluding steroid dienone is 1. The third kappa shape index (κ3) is 6.51. The molecule has 0 aromatic carbocycles. The number of aliphatic hydroxyl groups excluding tert-OH is 1. The zero-order chi connectivity index (χ0) is 27.7. The maximum atomic E-state index is 13.7. The lowest BCUT2D eigenvalue weighted by atomic mass is 9.41. The Morgan fingerprint density at radius 1 is 1.18 bits per heavy atom. The van der Waals surface area contributed by atoms with Crippen LogP contribution >= 0.6 is 12.4 Å². The fourth-order valence-electron chi connectivity index (χ4n) is 6.44. The van der Waals surface area contributed by atoms with Crippen LogP contribution in [0, 0.1) is 28.6 Å². The number of Topliss-reactive ketones (excluding diaryl/α,β-unsaturated/α-hetero) is 1. The van der Waals surface area contributed by atoms with Gasteiger partial charge in [-0.15, -0.1) is 24.5 Å². The van der Waals surface area contributed by atoms with Crippen LogP contribution in [0.3, 0.4) is 0 Å². The van der Waals surface area contributed by atoms with Gasteiger partial charge in [0.2, 0.25) is 5.79 Å². The van der Waals surface area contributed by atoms with Gasteiger partial charge in [-0.3, -0.25) is 4.79 Å². The summed E-state index contributed by atoms with van der Waals surface area (Å²) in [5, 5.41) is 35.3. The molecule has 2 aliphatic carbocycles. The number of aliphatic hydroxyl groups is 3. The molecule has 12 heteroatoms. The third-order valence-electron chi connectivity index (χ3n) is 8.48. The Morgan fingerprint density at radius 3 is 2.29 bits per heavy atom. The van der Waals surface area contributed by atoms with E-state index in [4.69, 9.17) is 9.57 Å². The zero-order valence-electron chi connectivity index (χ0n) is 23.6. The van der Waals surface area contributed by atoms with Gasteiger partial charge in [0, 0.05) is 25.3 Å². The average molecular weight is 567 g/mol. The van der Waals surface area contributed by atoms with Crippen LogP contribution < -0.4 is 5.48 Å². The highest BCUT2D eigenvalue weighted by Crippen LogP contribution is 2.66. The first-order valence-electron chi connectivity index (χ1n) is 12.6. The fraction of sp³-hybridized carbons (Fsp3) is 0.808. The molecule has 0 aliphatic heterocycles. The van der Waals surface area contributed by atoms with Crippen molar-refractivity contribution in [3.8, 4) is 0 Å². The van der Waals surface area contributed by atoms with Crippen LogP contribution in [0.25, 0.3) is 0 Å². The normalized spacial score (nSPS) is 34.4. The highest BCUT2D eigenvalue weighted by atomic mass is 35.5. The van der Waals surface area contributed by atoms with Crippen molar-refractivity contribution < 1.29 is 44.8 Å². The van der Waals surface area contributed by atoms with Crippen LogP contribution in [0.15, 0.2) is 12.7 Å². The van der Waals surface area contributed by atoms with Gasteiger partial charge in [-0.25, -0.2) is 9.59 Å². The molecule has 7 atom stereocenters. The van der Waals surface area contributed by atoms with E-state index >= 15 is 0 Å². The Hall–Kier alpha value is -1.76. The lowest BCUT2D eigenvalue weighted by Crippen LogP contribution is -2.78. The summed E-state index contributed by atoms with van der Waals surface area (Å²) in [6.07, 6.45) is -0.223. The summed E-state index contributed by atoms with van der Waals surface area (Å²) in [6.45, 7) is 12.9. The van der Waals surface area contributed by atoms with Crippen molar-refractivity contribution in [1.29, 1.82) is 0 Å². The molecule has 0 saturated heterocycles. The highest BCUT2D eigenvalue weighted by Gasteiger charge is 2.76. The topological polar surface area (TPSA) is 177 Å². The zero-order valence-corrected chi connectivity index (χ0v) is 24.4. The number of hydroxylamine groups is 1. The van der Waals surface area contributed by atoms with Crippen molar-refractivity contribution in [2.75, 3.05) is 20.6 Å². The van der Waals surface area contributed by atoms with E-state index in [9.17, 15) is 29.7 Å². The number of hydrogen-bond donors (Lipinski definition) is 4. The van der Waals surface area contributed by atoms with E-state index in [1.54, 1.807) is 38.9 Å². The minimum atomic E-state index is -2.34. The minimum Gasteiger partial charge on any atom is -0.414 e. The molecule has 0 radical (unpaired) electrons. The number of hydrogen-bond acceptors (Lipinski definition) is 9. The molecular formula is C26H47ClN2O9. The molecule has 0 spiro atoms. The van der Waals surface area contributed by atoms with Gasteiger partial charge in [0.25, 0.3) is 0 Å². The smallest absolute Gasteiger partial charge is 0.414 e. The molecule has 1 amide bonds. The quantitative estimate of drug-likeness (QED) is 0.193. The molecule has 11 nitrogen and oxygen atoms in total. The van der Waals surface area contributed by atoms with E-state index in [1.807, 2.05) is 19.3 Å². The summed E-state index contributed by atoms with van der Waals surface area (Å²) < 4.78 is 5.47. The maximum absolute atomic E-state index is 13.7. The van der Waals surface area contributed by atoms with E-state index in [1.165, 1.54) is 6.92 Å². The van der Waals surface area contributed by atoms with Crippen molar-refractivity contribution in [3.05, 3.63) is 12.7 Å². The SMILES string of the molecule is C=C[C@@H](C)CC(=O)[C@@]1(O)[C@@H](C)C[C@@H](O)[C@H]2C(C)(C)CC[C@@](O)(OC(=O)NOC(=O)CCN(C)C)[C@@]21C.Cl.O. The number of ketones is 1. The Kier molecular flexibility index (Phi) is 12.5. The Balaban J connectivity index is 0.00000684. The van der Waals surface area contributed by atoms with Gasteiger partial charge >= 0.3 is 12.1 Å². The van der Waals surface area contributed by atoms with Crippen LogP contribution in [-0.2, 0) is 19.2 Å². The van der Waals surface area contributed by atoms with Crippen molar-refractivity contribution in [2.24, 2.45) is 28.6 Å². The Labute approximate surface area is 231 Å². The molecule has 0 unspecified atom stereocenters. The summed E-state index contributed by atoms with van der Waals surface area (Å²) in [5.74, 6) is -5.33. The number of ether oxygens (including phenoxy) is 1. The second kappa shape index (κ2) is 13.1. The molecule has 6 N–H and O–H groups in total. The number of carbonyl (C=O) groups excluding carboxylic acids is 3. The number of halogens is 1. The molecular weight excluding hydrogens is 520 g/mol. The first-order valence-corrected chi connectivity index (χ1v) is 12.6. The first kappa shape index (κ1) is 36.2. The van der Waals surface area contributed by atoms with Crippen LogP contribution in [-0.4, -0.2) is 81.7 Å². The van der Waals surface area contributed by atoms with Gasteiger partial charge in [-0.1, -0.05) is 33.8 Å². The van der Waals surface area contributed by atoms with Gasteiger partial charge in [-0.2, -0.15) is 0 Å². The second-order valence-corrected chi connectivity index (χ2v) is 11.8. The van der Waals surface area contributed by atoms with Crippen LogP contribution in [0.2, 0.25) is 0 Å². The molecule has 0 bridgehead atoms. The van der Waals surface area contributed by atoms with Crippen LogP contribution in [0.1, 0.15) is 66.7 Å². The molecule has 2 rings (SSSR count). The third-order valence-corrected chi connectivity index (χ3v) is 8.48. The predicted octanol–water partition coefficient (Wildman–Crippen LogP) is 1.76. The second-order valence-electron chi connectivity index (χ2n) is 11.8. The van der Waals surface area contributed by atoms with Crippen LogP contribution in [0.4, 0.5) is 4.79 Å². The van der Waals surface area contributed by atoms with Gasteiger partial charge in [-0.05, 0) is 51.1 Å². The number of rotatable bonds is 8. The van der Waals surface area contributed by atoms with Gasteiger partial charge in [0.1, 0.15) is 5.60 Å². The molecule has 0 heterocycles. The van der Waals surface area contributed by atoms with Crippen LogP contribution in [0.5, 0.6) is 0 Å². The number of fused-ring (bicyclic) bond motifs is 1. The molecule has 38 heavy (non-hydrogen) atoms. The largest absolute Gasteiger partial charge is 0.443 e. The Morgan fingerprint density at radius 2 is 1.76 bits per heavy atom. The summed E-state index contributed by atoms with van der Waals surface area (Å²) in [5.41, 5.74) is -2.60. The van der Waals surface area contributed by atoms with E-state index < -0.39 is 58.0 Å². The number of nitrogens with zero attached hydrogens (tertiary/aromatic N) is 1. The van der Waals surface area contributed by atoms with Gasteiger partial charge < -0.3 is 35.3 Å². The maximum Gasteiger partial charge on any atom is 0.443 e. The molecule has 0 aromatic heterocycles. The van der Waals surface area contributed by atoms with Crippen molar-refractivity contribution in [1.82, 2.24) is 10.4 Å². The summed E-state index contributed by atoms with van der Waals surface area (Å²) in [7, 11) is 3.56. The molecule has 2 aliphatic rings. The molecule has 2 fully saturated rings. The number of carbonyl (C=O) groups is 3. The summed E-state index contributed by atoms with van der Waals surface area (Å²) >= 11 is 0. The summed E-state index contributed by atoms with van der Waals surface area (Å²) in [6, 6.07) is 0. The van der Waals surface area contributed by atoms with Gasteiger partial charge in [0.05, 0.1) is 17.9 Å². The van der Waals surface area contributed by atoms with E-state index in [-0.39, 0.29) is 49.5 Å². The van der Waals surface area contributed by atoms with Crippen molar-refractivity contribution >= 4 is 30.3 Å². The highest BCUT2D eigenvalue weighted by molar-refractivity contribution is 5.89. The lowest BCUT2D eigenvalue weighted by Gasteiger charge is -2.67. The van der Waals surface area contributed by atoms with Gasteiger partial charge in [0.15, 0.2) is 5.78 Å². The standard InChI is InChI=1S/C26H44N2O8.ClH.H2O/c1-9-16(2)14-19(30)26(34)17(3)15-18(29)21-23(4,5)11-12-25(33,24(21,26)6)35-22(32)27-36-20(31)10-13-28(7)8;;/h9,16-18,21,29,33-34H,1,10-15H2,2-8H3,(H,27,32);1H;1H2/t16-,17+,18-,21+,24-,25-,26+;;/m1../s1. The molecule has 2 saturated carbocycles. The average Bonchev–Trinajstić information content (AvgIpc) is 2.77.